The first-order valence-corrected chi connectivity index (χ1v) is 0. The predicted octanol–water partition coefficient (Wildman–Crippen LogP) is -2.15. The zero-order valence-electron chi connectivity index (χ0n) is 4.41. The van der Waals surface area contributed by atoms with Gasteiger partial charge in [-0.15, -0.1) is 0 Å². The van der Waals surface area contributed by atoms with Crippen molar-refractivity contribution in [1.82, 2.24) is 0 Å². The molecule has 0 aliphatic carbocycles. The van der Waals surface area contributed by atoms with Crippen LogP contribution >= 0.6 is 13.5 Å². The van der Waals surface area contributed by atoms with Gasteiger partial charge in [-0.2, -0.15) is 13.5 Å². The molecule has 0 aromatic carbocycles. The molecular formula is H9BaInSSeZn. The van der Waals surface area contributed by atoms with E-state index in [0.29, 0.717) is 0 Å². The van der Waals surface area contributed by atoms with Gasteiger partial charge < -0.3 is 2.85 Å². The van der Waals surface area contributed by atoms with Crippen molar-refractivity contribution in [3.05, 3.63) is 0 Å². The third-order valence-corrected chi connectivity index (χ3v) is 0. The van der Waals surface area contributed by atoms with Crippen LogP contribution in [0.15, 0.2) is 0 Å². The molecule has 0 bridgehead atoms. The summed E-state index contributed by atoms with van der Waals surface area (Å²) in [6.07, 6.45) is 0. The molecule has 0 radical (unpaired) electrons. The van der Waals surface area contributed by atoms with Crippen LogP contribution < -0.4 is 0 Å². The first kappa shape index (κ1) is 36.3. The Hall–Kier alpha value is 3.93. The molecule has 0 heterocycles. The van der Waals surface area contributed by atoms with Gasteiger partial charge in [-0.1, -0.05) is 0 Å². The fraction of sp³-hybridized carbons (Fsp3) is 0. The normalized spacial score (nSPS) is 0. The number of rotatable bonds is 0. The largest absolute Gasteiger partial charge is 0 e. The monoisotopic (exact) mass is 438 g/mol. The standard InChI is InChI=1S/Ba.In.H2S.H2Se.Zn.5H/h;;2*1H2;;;;;;/q+2;;;;;;;;2*-1. The minimum absolute atomic E-state index is 0. The van der Waals surface area contributed by atoms with Crippen molar-refractivity contribution in [1.29, 1.82) is 0 Å². The summed E-state index contributed by atoms with van der Waals surface area (Å²) >= 11 is 0. The fourth-order valence-electron chi connectivity index (χ4n) is 0. The second-order valence-corrected chi connectivity index (χ2v) is 0. The van der Waals surface area contributed by atoms with Crippen LogP contribution in [0.4, 0.5) is 0 Å². The Morgan fingerprint density at radius 1 is 1.20 bits per heavy atom. The second-order valence-electron chi connectivity index (χ2n) is 0. The van der Waals surface area contributed by atoms with Crippen LogP contribution in [-0.4, -0.2) is 91.8 Å². The first-order valence-electron chi connectivity index (χ1n) is 0. The molecule has 0 aliphatic rings. The van der Waals surface area contributed by atoms with Crippen molar-refractivity contribution in [2.45, 2.75) is 0 Å². The van der Waals surface area contributed by atoms with Crippen LogP contribution in [0.5, 0.6) is 0 Å². The van der Waals surface area contributed by atoms with Gasteiger partial charge >= 0.3 is 91.8 Å². The molecule has 0 saturated heterocycles. The van der Waals surface area contributed by atoms with E-state index in [9.17, 15) is 0 Å². The van der Waals surface area contributed by atoms with Gasteiger partial charge in [-0.05, 0) is 0 Å². The van der Waals surface area contributed by atoms with Crippen LogP contribution in [0, 0.1) is 0 Å². The molecule has 0 N–H and O–H groups in total. The summed E-state index contributed by atoms with van der Waals surface area (Å²) < 4.78 is 0. The first-order chi connectivity index (χ1) is 0. The Morgan fingerprint density at radius 2 is 1.20 bits per heavy atom. The molecule has 0 amide bonds. The number of hydrogen-bond donors (Lipinski definition) is 0. The Bertz CT molecular complexity index is 17.7. The third kappa shape index (κ3) is 18.1. The predicted molar refractivity (Wildman–Crippen MR) is 36.8 cm³/mol. The molecule has 0 saturated carbocycles. The fourth-order valence-corrected chi connectivity index (χ4v) is 0. The van der Waals surface area contributed by atoms with Gasteiger partial charge in [0.1, 0.15) is 0 Å². The maximum atomic E-state index is 0. The molecule has 0 nitrogen and oxygen atoms in total. The molecular weight excluding hydrogens is 429 g/mol. The van der Waals surface area contributed by atoms with Gasteiger partial charge in [0.25, 0.3) is 0 Å². The van der Waals surface area contributed by atoms with E-state index in [2.05, 4.69) is 0 Å². The van der Waals surface area contributed by atoms with Crippen LogP contribution in [-0.2, 0) is 19.5 Å². The van der Waals surface area contributed by atoms with Crippen LogP contribution in [0.2, 0.25) is 0 Å². The molecule has 5 heteroatoms. The van der Waals surface area contributed by atoms with Gasteiger partial charge in [0.15, 0.2) is 0 Å². The third-order valence-electron chi connectivity index (χ3n) is 0. The van der Waals surface area contributed by atoms with E-state index in [1.807, 2.05) is 0 Å². The van der Waals surface area contributed by atoms with Crippen LogP contribution in [0.25, 0.3) is 0 Å². The van der Waals surface area contributed by atoms with E-state index in [0.717, 1.165) is 0 Å². The summed E-state index contributed by atoms with van der Waals surface area (Å²) in [5, 5.41) is 0. The molecule has 5 heavy (non-hydrogen) atoms. The van der Waals surface area contributed by atoms with Gasteiger partial charge in [0, 0.05) is 19.5 Å². The molecule has 0 rings (SSSR count). The maximum absolute atomic E-state index is 0. The molecule has 0 aliphatic heterocycles. The van der Waals surface area contributed by atoms with Crippen molar-refractivity contribution in [2.75, 3.05) is 0 Å². The smallest absolute Gasteiger partial charge is 0 e. The second kappa shape index (κ2) is 24.6. The molecule has 0 spiro atoms. The molecule has 0 aromatic rings. The van der Waals surface area contributed by atoms with Gasteiger partial charge in [0.2, 0.25) is 0 Å². The van der Waals surface area contributed by atoms with Crippen molar-refractivity contribution in [3.63, 3.8) is 0 Å². The quantitative estimate of drug-likeness (QED) is 0.380. The summed E-state index contributed by atoms with van der Waals surface area (Å²) in [6, 6.07) is 0. The average molecular weight is 438 g/mol. The molecule has 28 valence electrons. The summed E-state index contributed by atoms with van der Waals surface area (Å²) in [7, 11) is 0. The van der Waals surface area contributed by atoms with E-state index in [1.165, 1.54) is 0 Å². The molecule has 0 fully saturated rings. The van der Waals surface area contributed by atoms with Crippen molar-refractivity contribution in [2.24, 2.45) is 0 Å². The summed E-state index contributed by atoms with van der Waals surface area (Å²) in [4.78, 5) is 0. The van der Waals surface area contributed by atoms with Crippen molar-refractivity contribution in [3.8, 4) is 0 Å². The SMILES string of the molecule is S.[Ba+2].[H-].[H-].[InH3].[SeH2].[Zn]. The van der Waals surface area contributed by atoms with Gasteiger partial charge in [0.05, 0.1) is 0 Å². The topological polar surface area (TPSA) is 0 Å². The molecule has 0 aromatic heterocycles. The van der Waals surface area contributed by atoms with E-state index in [4.69, 9.17) is 0 Å². The van der Waals surface area contributed by atoms with Crippen molar-refractivity contribution < 1.29 is 22.3 Å². The zero-order chi connectivity index (χ0) is 0. The van der Waals surface area contributed by atoms with E-state index < -0.39 is 0 Å². The van der Waals surface area contributed by atoms with Crippen LogP contribution in [0.1, 0.15) is 2.85 Å². The Morgan fingerprint density at radius 3 is 1.20 bits per heavy atom. The van der Waals surface area contributed by atoms with E-state index >= 15 is 0 Å². The van der Waals surface area contributed by atoms with Gasteiger partial charge in [-0.3, -0.25) is 0 Å². The van der Waals surface area contributed by atoms with E-state index in [-0.39, 0.29) is 128 Å². The Labute approximate surface area is 124 Å². The maximum Gasteiger partial charge on any atom is 0 e. The van der Waals surface area contributed by atoms with Crippen LogP contribution in [0.3, 0.4) is 0 Å². The minimum atomic E-state index is 0. The van der Waals surface area contributed by atoms with E-state index in [1.54, 1.807) is 0 Å². The molecule has 0 atom stereocenters. The molecule has 0 unspecified atom stereocenters. The average Bonchev–Trinajstić information content (AvgIpc) is 0. The zero-order valence-corrected chi connectivity index (χ0v) is 12.9. The van der Waals surface area contributed by atoms with Crippen molar-refractivity contribution >= 4 is 105 Å². The summed E-state index contributed by atoms with van der Waals surface area (Å²) in [6.45, 7) is 0. The van der Waals surface area contributed by atoms with Gasteiger partial charge in [-0.25, -0.2) is 0 Å². The number of hydrogen-bond acceptors (Lipinski definition) is 0. The Kier molecular flexibility index (Phi) is 179. The summed E-state index contributed by atoms with van der Waals surface area (Å²) in [5.74, 6) is 0. The minimum Gasteiger partial charge on any atom is 0 e. The summed E-state index contributed by atoms with van der Waals surface area (Å²) in [5.41, 5.74) is 0. The Balaban J connectivity index is 0.